The number of hydrogen-bond donors (Lipinski definition) is 2. The molecule has 0 fully saturated rings. The molecule has 0 radical (unpaired) electrons. The molecule has 0 aliphatic rings. The van der Waals surface area contributed by atoms with E-state index in [1.165, 1.54) is 12.1 Å². The Labute approximate surface area is 100 Å². The van der Waals surface area contributed by atoms with Gasteiger partial charge in [-0.2, -0.15) is 5.21 Å². The molecule has 1 aromatic heterocycles. The highest BCUT2D eigenvalue weighted by molar-refractivity contribution is 6.31. The van der Waals surface area contributed by atoms with Gasteiger partial charge in [0.15, 0.2) is 5.82 Å². The number of nitrogens with zero attached hydrogens (tertiary/aromatic N) is 3. The Kier molecular flexibility index (Phi) is 3.29. The molecule has 1 aromatic carbocycles. The number of amides is 1. The fourth-order valence-corrected chi connectivity index (χ4v) is 1.34. The lowest BCUT2D eigenvalue weighted by atomic mass is 10.2. The van der Waals surface area contributed by atoms with E-state index >= 15 is 0 Å². The summed E-state index contributed by atoms with van der Waals surface area (Å²) >= 11 is 5.56. The summed E-state index contributed by atoms with van der Waals surface area (Å²) in [7, 11) is 0. The number of benzene rings is 1. The van der Waals surface area contributed by atoms with Crippen molar-refractivity contribution in [3.8, 4) is 0 Å². The smallest absolute Gasteiger partial charge is 0.251 e. The van der Waals surface area contributed by atoms with Gasteiger partial charge < -0.3 is 5.32 Å². The zero-order valence-corrected chi connectivity index (χ0v) is 9.20. The molecule has 0 aliphatic carbocycles. The minimum absolute atomic E-state index is 0.0998. The first-order valence-corrected chi connectivity index (χ1v) is 5.00. The summed E-state index contributed by atoms with van der Waals surface area (Å²) in [5.41, 5.74) is 0.264. The summed E-state index contributed by atoms with van der Waals surface area (Å²) in [6.07, 6.45) is 0. The number of aromatic amines is 1. The van der Waals surface area contributed by atoms with Gasteiger partial charge in [-0.1, -0.05) is 16.8 Å². The Morgan fingerprint density at radius 3 is 3.00 bits per heavy atom. The molecule has 8 heteroatoms. The maximum absolute atomic E-state index is 12.9. The number of H-pyrrole nitrogens is 1. The number of halogens is 2. The van der Waals surface area contributed by atoms with E-state index in [0.717, 1.165) is 6.07 Å². The molecule has 2 aromatic rings. The van der Waals surface area contributed by atoms with E-state index in [1.54, 1.807) is 0 Å². The van der Waals surface area contributed by atoms with E-state index in [0.29, 0.717) is 5.82 Å². The minimum atomic E-state index is -0.568. The van der Waals surface area contributed by atoms with Crippen LogP contribution in [0.15, 0.2) is 18.2 Å². The monoisotopic (exact) mass is 255 g/mol. The third kappa shape index (κ3) is 2.76. The van der Waals surface area contributed by atoms with Crippen molar-refractivity contribution in [3.05, 3.63) is 40.4 Å². The van der Waals surface area contributed by atoms with Gasteiger partial charge in [0, 0.05) is 5.56 Å². The molecule has 2 N–H and O–H groups in total. The molecule has 1 heterocycles. The summed E-state index contributed by atoms with van der Waals surface area (Å²) in [5, 5.41) is 15.4. The van der Waals surface area contributed by atoms with Crippen LogP contribution in [0.5, 0.6) is 0 Å². The first-order valence-electron chi connectivity index (χ1n) is 4.62. The lowest BCUT2D eigenvalue weighted by Gasteiger charge is -2.03. The Bertz CT molecular complexity index is 530. The fourth-order valence-electron chi connectivity index (χ4n) is 1.16. The average Bonchev–Trinajstić information content (AvgIpc) is 2.82. The molecule has 0 saturated carbocycles. The molecule has 1 amide bonds. The Morgan fingerprint density at radius 1 is 1.53 bits per heavy atom. The summed E-state index contributed by atoms with van der Waals surface area (Å²) in [4.78, 5) is 11.6. The predicted molar refractivity (Wildman–Crippen MR) is 56.8 cm³/mol. The van der Waals surface area contributed by atoms with Crippen molar-refractivity contribution >= 4 is 17.5 Å². The van der Waals surface area contributed by atoms with Crippen molar-refractivity contribution in [3.63, 3.8) is 0 Å². The van der Waals surface area contributed by atoms with Crippen LogP contribution in [0.2, 0.25) is 5.02 Å². The summed E-state index contributed by atoms with van der Waals surface area (Å²) in [6, 6.07) is 3.72. The summed E-state index contributed by atoms with van der Waals surface area (Å²) < 4.78 is 12.9. The van der Waals surface area contributed by atoms with Gasteiger partial charge in [0.2, 0.25) is 0 Å². The molecule has 0 saturated heterocycles. The van der Waals surface area contributed by atoms with Crippen LogP contribution in [0, 0.1) is 5.82 Å². The van der Waals surface area contributed by atoms with Crippen molar-refractivity contribution in [1.82, 2.24) is 25.9 Å². The van der Waals surface area contributed by atoms with Crippen LogP contribution < -0.4 is 5.32 Å². The highest BCUT2D eigenvalue weighted by Crippen LogP contribution is 2.15. The SMILES string of the molecule is O=C(NCc1nn[nH]n1)c1ccc(F)c(Cl)c1. The molecule has 0 bridgehead atoms. The maximum Gasteiger partial charge on any atom is 0.251 e. The molecular formula is C9H7ClFN5O. The third-order valence-electron chi connectivity index (χ3n) is 1.98. The van der Waals surface area contributed by atoms with Gasteiger partial charge in [-0.3, -0.25) is 4.79 Å². The maximum atomic E-state index is 12.9. The van der Waals surface area contributed by atoms with Gasteiger partial charge in [0.05, 0.1) is 11.6 Å². The molecular weight excluding hydrogens is 249 g/mol. The Hall–Kier alpha value is -2.02. The molecule has 2 rings (SSSR count). The third-order valence-corrected chi connectivity index (χ3v) is 2.27. The zero-order valence-electron chi connectivity index (χ0n) is 8.44. The van der Waals surface area contributed by atoms with Gasteiger partial charge in [-0.05, 0) is 18.2 Å². The van der Waals surface area contributed by atoms with Gasteiger partial charge in [0.1, 0.15) is 5.82 Å². The Balaban J connectivity index is 2.02. The molecule has 0 aliphatic heterocycles. The largest absolute Gasteiger partial charge is 0.345 e. The second kappa shape index (κ2) is 4.88. The number of tetrazole rings is 1. The predicted octanol–water partition coefficient (Wildman–Crippen LogP) is 0.922. The average molecular weight is 256 g/mol. The standard InChI is InChI=1S/C9H7ClFN5O/c10-6-3-5(1-2-7(6)11)9(17)12-4-8-13-15-16-14-8/h1-3H,4H2,(H,12,17)(H,13,14,15,16). The van der Waals surface area contributed by atoms with E-state index in [2.05, 4.69) is 25.9 Å². The Morgan fingerprint density at radius 2 is 2.35 bits per heavy atom. The van der Waals surface area contributed by atoms with Crippen LogP contribution in [-0.2, 0) is 6.54 Å². The van der Waals surface area contributed by atoms with E-state index in [4.69, 9.17) is 11.6 Å². The van der Waals surface area contributed by atoms with Gasteiger partial charge in [-0.15, -0.1) is 10.2 Å². The molecule has 17 heavy (non-hydrogen) atoms. The molecule has 0 unspecified atom stereocenters. The van der Waals surface area contributed by atoms with Crippen LogP contribution >= 0.6 is 11.6 Å². The summed E-state index contributed by atoms with van der Waals surface area (Å²) in [5.74, 6) is -0.607. The molecule has 88 valence electrons. The number of hydrogen-bond acceptors (Lipinski definition) is 4. The normalized spacial score (nSPS) is 10.2. The fraction of sp³-hybridized carbons (Fsp3) is 0.111. The van der Waals surface area contributed by atoms with Crippen LogP contribution in [-0.4, -0.2) is 26.5 Å². The second-order valence-electron chi connectivity index (χ2n) is 3.14. The first kappa shape index (κ1) is 11.5. The van der Waals surface area contributed by atoms with Crippen LogP contribution in [0.25, 0.3) is 0 Å². The highest BCUT2D eigenvalue weighted by Gasteiger charge is 2.09. The molecule has 0 spiro atoms. The van der Waals surface area contributed by atoms with E-state index in [9.17, 15) is 9.18 Å². The number of carbonyl (C=O) groups is 1. The number of carbonyl (C=O) groups excluding carboxylic acids is 1. The second-order valence-corrected chi connectivity index (χ2v) is 3.55. The number of nitrogens with one attached hydrogen (secondary N) is 2. The first-order chi connectivity index (χ1) is 8.16. The minimum Gasteiger partial charge on any atom is -0.345 e. The van der Waals surface area contributed by atoms with Gasteiger partial charge in [0.25, 0.3) is 5.91 Å². The van der Waals surface area contributed by atoms with Crippen molar-refractivity contribution in [1.29, 1.82) is 0 Å². The van der Waals surface area contributed by atoms with E-state index in [-0.39, 0.29) is 17.1 Å². The lowest BCUT2D eigenvalue weighted by Crippen LogP contribution is -2.23. The van der Waals surface area contributed by atoms with Crippen LogP contribution in [0.3, 0.4) is 0 Å². The molecule has 6 nitrogen and oxygen atoms in total. The van der Waals surface area contributed by atoms with Gasteiger partial charge >= 0.3 is 0 Å². The van der Waals surface area contributed by atoms with E-state index < -0.39 is 11.7 Å². The number of rotatable bonds is 3. The van der Waals surface area contributed by atoms with Crippen LogP contribution in [0.1, 0.15) is 16.2 Å². The zero-order chi connectivity index (χ0) is 12.3. The van der Waals surface area contributed by atoms with Crippen molar-refractivity contribution in [2.45, 2.75) is 6.54 Å². The van der Waals surface area contributed by atoms with Crippen molar-refractivity contribution in [2.24, 2.45) is 0 Å². The lowest BCUT2D eigenvalue weighted by molar-refractivity contribution is 0.0950. The van der Waals surface area contributed by atoms with Crippen molar-refractivity contribution < 1.29 is 9.18 Å². The van der Waals surface area contributed by atoms with E-state index in [1.807, 2.05) is 0 Å². The topological polar surface area (TPSA) is 83.6 Å². The highest BCUT2D eigenvalue weighted by atomic mass is 35.5. The van der Waals surface area contributed by atoms with Crippen LogP contribution in [0.4, 0.5) is 4.39 Å². The summed E-state index contributed by atoms with van der Waals surface area (Å²) in [6.45, 7) is 0.129. The number of aromatic nitrogens is 4. The molecule has 0 atom stereocenters. The van der Waals surface area contributed by atoms with Gasteiger partial charge in [-0.25, -0.2) is 4.39 Å². The quantitative estimate of drug-likeness (QED) is 0.854. The van der Waals surface area contributed by atoms with Crippen molar-refractivity contribution in [2.75, 3.05) is 0 Å².